The van der Waals surface area contributed by atoms with Crippen LogP contribution in [-0.2, 0) is 4.74 Å². The maximum atomic E-state index is 12.2. The number of carbonyl (C=O) groups is 1. The number of carbonyl (C=O) groups excluding carboxylic acids is 1. The minimum absolute atomic E-state index is 0.0196. The van der Waals surface area contributed by atoms with Gasteiger partial charge in [0.15, 0.2) is 0 Å². The normalized spacial score (nSPS) is 25.0. The van der Waals surface area contributed by atoms with Crippen molar-refractivity contribution < 1.29 is 14.6 Å². The number of aliphatic hydroxyl groups is 1. The first-order valence-electron chi connectivity index (χ1n) is 5.40. The molecule has 1 amide bonds. The molecule has 1 aliphatic rings. The summed E-state index contributed by atoms with van der Waals surface area (Å²) in [5, 5.41) is 9.07. The van der Waals surface area contributed by atoms with Gasteiger partial charge in [0.25, 0.3) is 5.91 Å². The number of amides is 1. The van der Waals surface area contributed by atoms with Crippen LogP contribution < -0.4 is 0 Å². The van der Waals surface area contributed by atoms with E-state index in [0.29, 0.717) is 22.4 Å². The van der Waals surface area contributed by atoms with Crippen molar-refractivity contribution in [2.24, 2.45) is 0 Å². The molecule has 1 aromatic rings. The van der Waals surface area contributed by atoms with Crippen molar-refractivity contribution in [2.45, 2.75) is 19.1 Å². The Morgan fingerprint density at radius 2 is 2.47 bits per heavy atom. The Kier molecular flexibility index (Phi) is 4.04. The number of halogens is 1. The highest BCUT2D eigenvalue weighted by Gasteiger charge is 2.30. The van der Waals surface area contributed by atoms with E-state index in [9.17, 15) is 4.79 Å². The molecule has 1 fully saturated rings. The van der Waals surface area contributed by atoms with E-state index < -0.39 is 0 Å². The van der Waals surface area contributed by atoms with Gasteiger partial charge in [-0.3, -0.25) is 4.79 Å². The zero-order valence-electron chi connectivity index (χ0n) is 9.43. The molecule has 2 unspecified atom stereocenters. The molecule has 0 saturated carbocycles. The molecule has 94 valence electrons. The Morgan fingerprint density at radius 1 is 1.71 bits per heavy atom. The molecule has 1 saturated heterocycles. The molecule has 0 aliphatic carbocycles. The zero-order chi connectivity index (χ0) is 12.4. The van der Waals surface area contributed by atoms with Crippen LogP contribution in [0.4, 0.5) is 0 Å². The second-order valence-corrected chi connectivity index (χ2v) is 5.76. The van der Waals surface area contributed by atoms with Gasteiger partial charge in [-0.15, -0.1) is 11.3 Å². The first kappa shape index (κ1) is 12.8. The van der Waals surface area contributed by atoms with Crippen molar-refractivity contribution >= 4 is 28.8 Å². The highest BCUT2D eigenvalue weighted by molar-refractivity contribution is 7.17. The maximum Gasteiger partial charge on any atom is 0.264 e. The Bertz CT molecular complexity index is 409. The predicted molar refractivity (Wildman–Crippen MR) is 66.7 cm³/mol. The summed E-state index contributed by atoms with van der Waals surface area (Å²) >= 11 is 7.09. The predicted octanol–water partition coefficient (Wildman–Crippen LogP) is 1.62. The molecule has 2 rings (SSSR count). The average Bonchev–Trinajstić information content (AvgIpc) is 2.76. The Morgan fingerprint density at radius 3 is 3.06 bits per heavy atom. The van der Waals surface area contributed by atoms with Gasteiger partial charge in [-0.25, -0.2) is 0 Å². The van der Waals surface area contributed by atoms with E-state index in [1.165, 1.54) is 11.3 Å². The summed E-state index contributed by atoms with van der Waals surface area (Å²) in [5.74, 6) is -0.0452. The number of ether oxygens (including phenoxy) is 1. The van der Waals surface area contributed by atoms with Crippen molar-refractivity contribution in [1.29, 1.82) is 0 Å². The van der Waals surface area contributed by atoms with Crippen molar-refractivity contribution in [3.63, 3.8) is 0 Å². The van der Waals surface area contributed by atoms with Crippen LogP contribution in [0.1, 0.15) is 16.6 Å². The minimum Gasteiger partial charge on any atom is -0.394 e. The lowest BCUT2D eigenvalue weighted by Gasteiger charge is -2.37. The van der Waals surface area contributed by atoms with Crippen molar-refractivity contribution in [3.05, 3.63) is 21.3 Å². The van der Waals surface area contributed by atoms with Gasteiger partial charge >= 0.3 is 0 Å². The van der Waals surface area contributed by atoms with Crippen molar-refractivity contribution in [3.8, 4) is 0 Å². The summed E-state index contributed by atoms with van der Waals surface area (Å²) in [4.78, 5) is 14.6. The highest BCUT2D eigenvalue weighted by Crippen LogP contribution is 2.24. The summed E-state index contributed by atoms with van der Waals surface area (Å²) in [5.41, 5.74) is 0. The topological polar surface area (TPSA) is 49.8 Å². The molecule has 0 aromatic carbocycles. The fourth-order valence-corrected chi connectivity index (χ4v) is 2.78. The smallest absolute Gasteiger partial charge is 0.264 e. The number of hydrogen-bond donors (Lipinski definition) is 1. The molecule has 6 heteroatoms. The largest absolute Gasteiger partial charge is 0.394 e. The molecule has 17 heavy (non-hydrogen) atoms. The summed E-state index contributed by atoms with van der Waals surface area (Å²) < 4.78 is 6.00. The molecule has 1 N–H and O–H groups in total. The van der Waals surface area contributed by atoms with Crippen LogP contribution in [0.2, 0.25) is 4.34 Å². The number of hydrogen-bond acceptors (Lipinski definition) is 4. The third-order valence-electron chi connectivity index (χ3n) is 2.75. The summed E-state index contributed by atoms with van der Waals surface area (Å²) in [7, 11) is 0. The Labute approximate surface area is 109 Å². The molecule has 4 nitrogen and oxygen atoms in total. The maximum absolute atomic E-state index is 12.2. The van der Waals surface area contributed by atoms with Gasteiger partial charge in [-0.05, 0) is 19.1 Å². The van der Waals surface area contributed by atoms with Crippen molar-refractivity contribution in [2.75, 3.05) is 19.8 Å². The molecular weight excluding hydrogens is 262 g/mol. The fraction of sp³-hybridized carbons (Fsp3) is 0.545. The van der Waals surface area contributed by atoms with Crippen LogP contribution in [0.5, 0.6) is 0 Å². The summed E-state index contributed by atoms with van der Waals surface area (Å²) in [6, 6.07) is 3.46. The number of aliphatic hydroxyl groups excluding tert-OH is 1. The number of morpholine rings is 1. The first-order chi connectivity index (χ1) is 8.11. The van der Waals surface area contributed by atoms with Gasteiger partial charge in [-0.1, -0.05) is 11.6 Å². The number of thiophene rings is 1. The van der Waals surface area contributed by atoms with Gasteiger partial charge in [-0.2, -0.15) is 0 Å². The third-order valence-corrected chi connectivity index (χ3v) is 3.97. The van der Waals surface area contributed by atoms with E-state index in [1.807, 2.05) is 6.92 Å². The SMILES string of the molecule is CC1COC(CO)CN1C(=O)c1ccc(Cl)s1. The molecule has 2 atom stereocenters. The zero-order valence-corrected chi connectivity index (χ0v) is 11.0. The molecule has 1 aliphatic heterocycles. The van der Waals surface area contributed by atoms with Crippen LogP contribution in [0, 0.1) is 0 Å². The van der Waals surface area contributed by atoms with Crippen LogP contribution in [0.3, 0.4) is 0 Å². The van der Waals surface area contributed by atoms with Crippen molar-refractivity contribution in [1.82, 2.24) is 4.90 Å². The van der Waals surface area contributed by atoms with E-state index in [-0.39, 0.29) is 24.7 Å². The standard InChI is InChI=1S/C11H14ClNO3S/c1-7-6-16-8(5-14)4-13(7)11(15)9-2-3-10(12)17-9/h2-3,7-8,14H,4-6H2,1H3. The molecule has 0 bridgehead atoms. The lowest BCUT2D eigenvalue weighted by Crippen LogP contribution is -2.51. The van der Waals surface area contributed by atoms with E-state index >= 15 is 0 Å². The van der Waals surface area contributed by atoms with E-state index in [4.69, 9.17) is 21.4 Å². The van der Waals surface area contributed by atoms with Gasteiger partial charge in [0, 0.05) is 6.54 Å². The van der Waals surface area contributed by atoms with E-state index in [1.54, 1.807) is 17.0 Å². The van der Waals surface area contributed by atoms with Crippen LogP contribution in [0.25, 0.3) is 0 Å². The van der Waals surface area contributed by atoms with Crippen LogP contribution >= 0.6 is 22.9 Å². The Hall–Kier alpha value is -0.620. The molecule has 1 aromatic heterocycles. The summed E-state index contributed by atoms with van der Waals surface area (Å²) in [6.07, 6.45) is -0.286. The van der Waals surface area contributed by atoms with Crippen LogP contribution in [-0.4, -0.2) is 47.8 Å². The van der Waals surface area contributed by atoms with Gasteiger partial charge in [0.05, 0.1) is 34.6 Å². The monoisotopic (exact) mass is 275 g/mol. The average molecular weight is 276 g/mol. The second kappa shape index (κ2) is 5.35. The van der Waals surface area contributed by atoms with Gasteiger partial charge in [0.2, 0.25) is 0 Å². The molecule has 0 radical (unpaired) electrons. The highest BCUT2D eigenvalue weighted by atomic mass is 35.5. The van der Waals surface area contributed by atoms with Crippen LogP contribution in [0.15, 0.2) is 12.1 Å². The van der Waals surface area contributed by atoms with E-state index in [2.05, 4.69) is 0 Å². The second-order valence-electron chi connectivity index (χ2n) is 4.05. The van der Waals surface area contributed by atoms with Gasteiger partial charge in [0.1, 0.15) is 0 Å². The number of nitrogens with zero attached hydrogens (tertiary/aromatic N) is 1. The quantitative estimate of drug-likeness (QED) is 0.892. The Balaban J connectivity index is 2.12. The third kappa shape index (κ3) is 2.80. The minimum atomic E-state index is -0.286. The van der Waals surface area contributed by atoms with Gasteiger partial charge < -0.3 is 14.7 Å². The lowest BCUT2D eigenvalue weighted by atomic mass is 10.2. The van der Waals surface area contributed by atoms with E-state index in [0.717, 1.165) is 0 Å². The lowest BCUT2D eigenvalue weighted by molar-refractivity contribution is -0.0666. The fourth-order valence-electron chi connectivity index (χ4n) is 1.78. The number of rotatable bonds is 2. The molecular formula is C11H14ClNO3S. The molecule has 2 heterocycles. The first-order valence-corrected chi connectivity index (χ1v) is 6.60. The summed E-state index contributed by atoms with van der Waals surface area (Å²) in [6.45, 7) is 2.74. The molecule has 0 spiro atoms.